The van der Waals surface area contributed by atoms with Gasteiger partial charge in [-0.2, -0.15) is 0 Å². The van der Waals surface area contributed by atoms with Gasteiger partial charge < -0.3 is 10.2 Å². The molecule has 0 radical (unpaired) electrons. The number of hydrogen-bond acceptors (Lipinski definition) is 2. The van der Waals surface area contributed by atoms with Crippen LogP contribution in [0.3, 0.4) is 0 Å². The molecule has 2 rings (SSSR count). The number of amides is 1. The van der Waals surface area contributed by atoms with Gasteiger partial charge in [0.2, 0.25) is 5.91 Å². The predicted octanol–water partition coefficient (Wildman–Crippen LogP) is 2.90. The van der Waals surface area contributed by atoms with Crippen molar-refractivity contribution in [2.24, 2.45) is 0 Å². The van der Waals surface area contributed by atoms with E-state index in [1.54, 1.807) is 0 Å². The molecule has 1 amide bonds. The molecular formula is C16H23BrN2O. The minimum absolute atomic E-state index is 0.295. The molecule has 1 aliphatic heterocycles. The lowest BCUT2D eigenvalue weighted by molar-refractivity contribution is -0.131. The van der Waals surface area contributed by atoms with Crippen LogP contribution in [0.5, 0.6) is 0 Å². The zero-order chi connectivity index (χ0) is 14.5. The van der Waals surface area contributed by atoms with Gasteiger partial charge in [0.05, 0.1) is 0 Å². The van der Waals surface area contributed by atoms with E-state index in [1.165, 1.54) is 11.1 Å². The van der Waals surface area contributed by atoms with Crippen LogP contribution in [-0.4, -0.2) is 37.0 Å². The van der Waals surface area contributed by atoms with Crippen LogP contribution < -0.4 is 5.32 Å². The van der Waals surface area contributed by atoms with Crippen molar-refractivity contribution in [1.29, 1.82) is 0 Å². The number of likely N-dealkylation sites (N-methyl/N-ethyl adjacent to an activating group) is 1. The number of rotatable bonds is 5. The fourth-order valence-corrected chi connectivity index (χ4v) is 3.12. The highest BCUT2D eigenvalue weighted by molar-refractivity contribution is 9.10. The minimum Gasteiger partial charge on any atom is -0.338 e. The smallest absolute Gasteiger partial charge is 0.223 e. The summed E-state index contributed by atoms with van der Waals surface area (Å²) in [5.41, 5.74) is 2.47. The summed E-state index contributed by atoms with van der Waals surface area (Å²) in [5, 5.41) is 3.18. The van der Waals surface area contributed by atoms with Gasteiger partial charge in [0.15, 0.2) is 0 Å². The monoisotopic (exact) mass is 338 g/mol. The van der Waals surface area contributed by atoms with Gasteiger partial charge in [-0.05, 0) is 50.4 Å². The van der Waals surface area contributed by atoms with Crippen molar-refractivity contribution in [3.05, 3.63) is 33.8 Å². The van der Waals surface area contributed by atoms with E-state index in [1.807, 2.05) is 7.05 Å². The van der Waals surface area contributed by atoms with Gasteiger partial charge in [-0.25, -0.2) is 0 Å². The molecule has 1 saturated heterocycles. The first kappa shape index (κ1) is 15.5. The van der Waals surface area contributed by atoms with Gasteiger partial charge >= 0.3 is 0 Å². The summed E-state index contributed by atoms with van der Waals surface area (Å²) in [6, 6.07) is 6.71. The lowest BCUT2D eigenvalue weighted by Gasteiger charge is -2.24. The van der Waals surface area contributed by atoms with Crippen LogP contribution in [0.25, 0.3) is 0 Å². The molecule has 20 heavy (non-hydrogen) atoms. The second-order valence-corrected chi connectivity index (χ2v) is 6.38. The van der Waals surface area contributed by atoms with Crippen LogP contribution in [-0.2, 0) is 11.2 Å². The highest BCUT2D eigenvalue weighted by Gasteiger charge is 2.27. The molecule has 0 unspecified atom stereocenters. The average Bonchev–Trinajstić information content (AvgIpc) is 2.88. The van der Waals surface area contributed by atoms with Crippen LogP contribution in [0.1, 0.15) is 30.4 Å². The normalized spacial score (nSPS) is 18.6. The van der Waals surface area contributed by atoms with Crippen molar-refractivity contribution in [3.8, 4) is 0 Å². The van der Waals surface area contributed by atoms with E-state index < -0.39 is 0 Å². The first-order valence-corrected chi connectivity index (χ1v) is 8.10. The van der Waals surface area contributed by atoms with E-state index in [0.717, 1.165) is 36.8 Å². The number of likely N-dealkylation sites (tertiary alicyclic amines) is 1. The van der Waals surface area contributed by atoms with Crippen LogP contribution >= 0.6 is 15.9 Å². The fraction of sp³-hybridized carbons (Fsp3) is 0.562. The molecule has 1 heterocycles. The molecule has 3 nitrogen and oxygen atoms in total. The minimum atomic E-state index is 0.295. The lowest BCUT2D eigenvalue weighted by atomic mass is 10.1. The van der Waals surface area contributed by atoms with Gasteiger partial charge in [-0.15, -0.1) is 0 Å². The van der Waals surface area contributed by atoms with Gasteiger partial charge in [0, 0.05) is 30.0 Å². The molecule has 110 valence electrons. The number of halogens is 1. The summed E-state index contributed by atoms with van der Waals surface area (Å²) < 4.78 is 1.13. The molecule has 1 atom stereocenters. The average molecular weight is 339 g/mol. The Labute approximate surface area is 129 Å². The third kappa shape index (κ3) is 3.83. The van der Waals surface area contributed by atoms with Gasteiger partial charge in [0.1, 0.15) is 0 Å². The molecular weight excluding hydrogens is 316 g/mol. The van der Waals surface area contributed by atoms with Gasteiger partial charge in [-0.1, -0.05) is 28.1 Å². The molecule has 1 N–H and O–H groups in total. The number of hydrogen-bond donors (Lipinski definition) is 1. The SMILES string of the molecule is CNC[C@H]1CCCN1C(=O)CCc1ccc(Br)c(C)c1. The Morgan fingerprint density at radius 3 is 3.00 bits per heavy atom. The standard InChI is InChI=1S/C16H23BrN2O/c1-12-10-13(5-7-15(12)17)6-8-16(20)19-9-3-4-14(19)11-18-2/h5,7,10,14,18H,3-4,6,8-9,11H2,1-2H3/t14-/m1/s1. The molecule has 4 heteroatoms. The largest absolute Gasteiger partial charge is 0.338 e. The number of nitrogens with one attached hydrogen (secondary N) is 1. The first-order chi connectivity index (χ1) is 9.61. The summed E-state index contributed by atoms with van der Waals surface area (Å²) in [5.74, 6) is 0.295. The highest BCUT2D eigenvalue weighted by atomic mass is 79.9. The number of aryl methyl sites for hydroxylation is 2. The Morgan fingerprint density at radius 2 is 2.30 bits per heavy atom. The topological polar surface area (TPSA) is 32.3 Å². The van der Waals surface area contributed by atoms with E-state index in [-0.39, 0.29) is 0 Å². The first-order valence-electron chi connectivity index (χ1n) is 7.31. The van der Waals surface area contributed by atoms with E-state index in [9.17, 15) is 4.79 Å². The molecule has 1 aromatic rings. The number of nitrogens with zero attached hydrogens (tertiary/aromatic N) is 1. The molecule has 0 spiro atoms. The lowest BCUT2D eigenvalue weighted by Crippen LogP contribution is -2.40. The van der Waals surface area contributed by atoms with Crippen molar-refractivity contribution in [3.63, 3.8) is 0 Å². The van der Waals surface area contributed by atoms with Crippen LogP contribution in [0.4, 0.5) is 0 Å². The second-order valence-electron chi connectivity index (χ2n) is 5.52. The number of benzene rings is 1. The van der Waals surface area contributed by atoms with Crippen LogP contribution in [0, 0.1) is 6.92 Å². The van der Waals surface area contributed by atoms with E-state index in [4.69, 9.17) is 0 Å². The Bertz CT molecular complexity index is 476. The molecule has 1 aliphatic rings. The Morgan fingerprint density at radius 1 is 1.50 bits per heavy atom. The summed E-state index contributed by atoms with van der Waals surface area (Å²) >= 11 is 3.51. The maximum absolute atomic E-state index is 12.3. The van der Waals surface area contributed by atoms with Crippen molar-refractivity contribution in [1.82, 2.24) is 10.2 Å². The molecule has 0 bridgehead atoms. The van der Waals surface area contributed by atoms with Crippen LogP contribution in [0.2, 0.25) is 0 Å². The third-order valence-electron chi connectivity index (χ3n) is 3.99. The van der Waals surface area contributed by atoms with Crippen LogP contribution in [0.15, 0.2) is 22.7 Å². The maximum Gasteiger partial charge on any atom is 0.223 e. The maximum atomic E-state index is 12.3. The van der Waals surface area contributed by atoms with E-state index >= 15 is 0 Å². The number of carbonyl (C=O) groups excluding carboxylic acids is 1. The summed E-state index contributed by atoms with van der Waals surface area (Å²) in [4.78, 5) is 14.4. The Kier molecular flexibility index (Phi) is 5.61. The molecule has 0 aliphatic carbocycles. The third-order valence-corrected chi connectivity index (χ3v) is 4.88. The summed E-state index contributed by atoms with van der Waals surface area (Å²) in [6.45, 7) is 3.91. The number of carbonyl (C=O) groups is 1. The highest BCUT2D eigenvalue weighted by Crippen LogP contribution is 2.20. The predicted molar refractivity (Wildman–Crippen MR) is 85.9 cm³/mol. The van der Waals surface area contributed by atoms with E-state index in [0.29, 0.717) is 18.4 Å². The quantitative estimate of drug-likeness (QED) is 0.895. The van der Waals surface area contributed by atoms with Crippen molar-refractivity contribution in [2.75, 3.05) is 20.1 Å². The zero-order valence-corrected chi connectivity index (χ0v) is 13.9. The van der Waals surface area contributed by atoms with Crippen molar-refractivity contribution >= 4 is 21.8 Å². The zero-order valence-electron chi connectivity index (χ0n) is 12.3. The Balaban J connectivity index is 1.89. The van der Waals surface area contributed by atoms with Crippen molar-refractivity contribution in [2.45, 2.75) is 38.6 Å². The molecule has 0 saturated carbocycles. The van der Waals surface area contributed by atoms with Gasteiger partial charge in [0.25, 0.3) is 0 Å². The molecule has 0 aromatic heterocycles. The summed E-state index contributed by atoms with van der Waals surface area (Å²) in [6.07, 6.45) is 3.70. The Hall–Kier alpha value is -0.870. The second kappa shape index (κ2) is 7.23. The van der Waals surface area contributed by atoms with Gasteiger partial charge in [-0.3, -0.25) is 4.79 Å². The molecule has 1 aromatic carbocycles. The summed E-state index contributed by atoms with van der Waals surface area (Å²) in [7, 11) is 1.95. The van der Waals surface area contributed by atoms with Crippen molar-refractivity contribution < 1.29 is 4.79 Å². The van der Waals surface area contributed by atoms with E-state index in [2.05, 4.69) is 51.3 Å². The molecule has 1 fully saturated rings. The fourth-order valence-electron chi connectivity index (χ4n) is 2.87.